The van der Waals surface area contributed by atoms with Crippen molar-refractivity contribution in [1.29, 1.82) is 0 Å². The first kappa shape index (κ1) is 22.7. The fourth-order valence-corrected chi connectivity index (χ4v) is 4.41. The van der Waals surface area contributed by atoms with Gasteiger partial charge in [0.05, 0.1) is 17.5 Å². The van der Waals surface area contributed by atoms with Gasteiger partial charge in [0.15, 0.2) is 0 Å². The van der Waals surface area contributed by atoms with Gasteiger partial charge in [-0.05, 0) is 62.7 Å². The van der Waals surface area contributed by atoms with Crippen molar-refractivity contribution in [1.82, 2.24) is 10.2 Å². The number of hydrogen-bond donors (Lipinski definition) is 1. The predicted molar refractivity (Wildman–Crippen MR) is 121 cm³/mol. The average molecular weight is 447 g/mol. The van der Waals surface area contributed by atoms with Gasteiger partial charge in [0, 0.05) is 35.1 Å². The van der Waals surface area contributed by atoms with Crippen LogP contribution in [0, 0.1) is 0 Å². The maximum Gasteiger partial charge on any atom is 0.254 e. The molecule has 30 heavy (non-hydrogen) atoms. The molecular formula is C23H27ClN2O3S. The van der Waals surface area contributed by atoms with Crippen molar-refractivity contribution in [3.05, 3.63) is 64.7 Å². The molecule has 2 amide bonds. The molecule has 160 valence electrons. The van der Waals surface area contributed by atoms with Crippen molar-refractivity contribution >= 4 is 35.2 Å². The Balaban J connectivity index is 1.50. The van der Waals surface area contributed by atoms with Gasteiger partial charge in [0.2, 0.25) is 5.91 Å². The van der Waals surface area contributed by atoms with E-state index in [1.54, 1.807) is 0 Å². The number of ether oxygens (including phenoxy) is 1. The molecule has 0 aromatic heterocycles. The van der Waals surface area contributed by atoms with Crippen molar-refractivity contribution in [3.8, 4) is 0 Å². The lowest BCUT2D eigenvalue weighted by atomic mass is 10.1. The molecule has 1 fully saturated rings. The number of hydrogen-bond acceptors (Lipinski definition) is 4. The first-order valence-corrected chi connectivity index (χ1v) is 11.3. The molecule has 3 unspecified atom stereocenters. The van der Waals surface area contributed by atoms with Crippen LogP contribution in [0.15, 0.2) is 53.4 Å². The number of halogens is 1. The monoisotopic (exact) mass is 446 g/mol. The summed E-state index contributed by atoms with van der Waals surface area (Å²) in [5, 5.41) is 3.41. The Kier molecular flexibility index (Phi) is 7.81. The minimum Gasteiger partial charge on any atom is -0.372 e. The first-order chi connectivity index (χ1) is 14.3. The number of rotatable bonds is 6. The van der Waals surface area contributed by atoms with Gasteiger partial charge in [0.1, 0.15) is 0 Å². The van der Waals surface area contributed by atoms with E-state index in [-0.39, 0.29) is 29.3 Å². The molecule has 2 aromatic carbocycles. The topological polar surface area (TPSA) is 58.6 Å². The first-order valence-electron chi connectivity index (χ1n) is 10.1. The number of carbonyl (C=O) groups is 2. The van der Waals surface area contributed by atoms with Crippen LogP contribution >= 0.6 is 23.4 Å². The van der Waals surface area contributed by atoms with Gasteiger partial charge in [-0.2, -0.15) is 0 Å². The van der Waals surface area contributed by atoms with Gasteiger partial charge in [-0.3, -0.25) is 9.59 Å². The minimum absolute atomic E-state index is 0.0144. The number of carbonyl (C=O) groups excluding carboxylic acids is 2. The third-order valence-electron chi connectivity index (χ3n) is 4.87. The van der Waals surface area contributed by atoms with E-state index in [1.165, 1.54) is 11.8 Å². The Morgan fingerprint density at radius 3 is 2.30 bits per heavy atom. The van der Waals surface area contributed by atoms with Gasteiger partial charge in [-0.1, -0.05) is 23.7 Å². The molecule has 0 radical (unpaired) electrons. The maximum absolute atomic E-state index is 12.7. The Bertz CT molecular complexity index is 863. The van der Waals surface area contributed by atoms with E-state index < -0.39 is 0 Å². The zero-order chi connectivity index (χ0) is 21.7. The predicted octanol–water partition coefficient (Wildman–Crippen LogP) is 4.39. The van der Waals surface area contributed by atoms with Gasteiger partial charge in [-0.25, -0.2) is 0 Å². The van der Waals surface area contributed by atoms with E-state index in [9.17, 15) is 9.59 Å². The Labute approximate surface area is 187 Å². The van der Waals surface area contributed by atoms with Gasteiger partial charge in [-0.15, -0.1) is 11.8 Å². The molecule has 1 saturated heterocycles. The second kappa shape index (κ2) is 10.3. The summed E-state index contributed by atoms with van der Waals surface area (Å²) in [4.78, 5) is 28.0. The fraction of sp³-hybridized carbons (Fsp3) is 0.391. The highest BCUT2D eigenvalue weighted by molar-refractivity contribution is 8.00. The molecule has 2 aromatic rings. The van der Waals surface area contributed by atoms with Crippen LogP contribution in [-0.2, 0) is 16.1 Å². The highest BCUT2D eigenvalue weighted by Gasteiger charge is 2.26. The minimum atomic E-state index is -0.225. The largest absolute Gasteiger partial charge is 0.372 e. The van der Waals surface area contributed by atoms with Crippen LogP contribution in [0.25, 0.3) is 0 Å². The standard InChI is InChI=1S/C23H27ClN2O3S/c1-15-13-26(14-16(2)29-15)23(28)19-6-4-18(5-7-19)12-25-22(27)17(3)30-21-10-8-20(24)9-11-21/h4-11,15-17H,12-14H2,1-3H3,(H,25,27). The smallest absolute Gasteiger partial charge is 0.254 e. The van der Waals surface area contributed by atoms with Gasteiger partial charge in [0.25, 0.3) is 5.91 Å². The number of thioether (sulfide) groups is 1. The van der Waals surface area contributed by atoms with E-state index in [1.807, 2.05) is 74.2 Å². The van der Waals surface area contributed by atoms with Crippen molar-refractivity contribution < 1.29 is 14.3 Å². The summed E-state index contributed by atoms with van der Waals surface area (Å²) in [6.07, 6.45) is 0.0832. The van der Waals surface area contributed by atoms with E-state index >= 15 is 0 Å². The summed E-state index contributed by atoms with van der Waals surface area (Å²) in [7, 11) is 0. The quantitative estimate of drug-likeness (QED) is 0.668. The molecule has 1 aliphatic heterocycles. The van der Waals surface area contributed by atoms with Crippen LogP contribution in [0.4, 0.5) is 0 Å². The van der Waals surface area contributed by atoms with Crippen molar-refractivity contribution in [2.75, 3.05) is 13.1 Å². The maximum atomic E-state index is 12.7. The van der Waals surface area contributed by atoms with E-state index in [4.69, 9.17) is 16.3 Å². The molecule has 3 rings (SSSR count). The number of morpholine rings is 1. The van der Waals surface area contributed by atoms with Gasteiger partial charge >= 0.3 is 0 Å². The molecule has 1 aliphatic rings. The Hall–Kier alpha value is -2.02. The van der Waals surface area contributed by atoms with Crippen molar-refractivity contribution in [3.63, 3.8) is 0 Å². The van der Waals surface area contributed by atoms with Crippen LogP contribution in [0.5, 0.6) is 0 Å². The summed E-state index contributed by atoms with van der Waals surface area (Å²) in [6, 6.07) is 14.9. The van der Waals surface area contributed by atoms with Crippen molar-refractivity contribution in [2.24, 2.45) is 0 Å². The molecule has 0 spiro atoms. The molecular weight excluding hydrogens is 420 g/mol. The third kappa shape index (κ3) is 6.24. The second-order valence-electron chi connectivity index (χ2n) is 7.60. The molecule has 0 aliphatic carbocycles. The summed E-state index contributed by atoms with van der Waals surface area (Å²) in [5.41, 5.74) is 1.60. The number of nitrogens with zero attached hydrogens (tertiary/aromatic N) is 1. The van der Waals surface area contributed by atoms with Crippen LogP contribution in [0.1, 0.15) is 36.7 Å². The molecule has 7 heteroatoms. The Morgan fingerprint density at radius 2 is 1.70 bits per heavy atom. The zero-order valence-electron chi connectivity index (χ0n) is 17.4. The Morgan fingerprint density at radius 1 is 1.10 bits per heavy atom. The van der Waals surface area contributed by atoms with Crippen molar-refractivity contribution in [2.45, 2.75) is 49.7 Å². The molecule has 1 heterocycles. The molecule has 0 bridgehead atoms. The van der Waals surface area contributed by atoms with E-state index in [2.05, 4.69) is 5.32 Å². The molecule has 0 saturated carbocycles. The van der Waals surface area contributed by atoms with Crippen LogP contribution in [0.2, 0.25) is 5.02 Å². The molecule has 5 nitrogen and oxygen atoms in total. The number of benzene rings is 2. The number of nitrogens with one attached hydrogen (secondary N) is 1. The SMILES string of the molecule is CC1CN(C(=O)c2ccc(CNC(=O)C(C)Sc3ccc(Cl)cc3)cc2)CC(C)O1. The van der Waals surface area contributed by atoms with Crippen LogP contribution in [-0.4, -0.2) is 47.3 Å². The normalized spacial score (nSPS) is 19.9. The third-order valence-corrected chi connectivity index (χ3v) is 6.23. The van der Waals surface area contributed by atoms with Crippen LogP contribution in [0.3, 0.4) is 0 Å². The van der Waals surface area contributed by atoms with E-state index in [0.29, 0.717) is 30.2 Å². The fourth-order valence-electron chi connectivity index (χ4n) is 3.40. The number of amides is 2. The molecule has 1 N–H and O–H groups in total. The summed E-state index contributed by atoms with van der Waals surface area (Å²) in [5.74, 6) is -0.0213. The lowest BCUT2D eigenvalue weighted by Gasteiger charge is -2.35. The lowest BCUT2D eigenvalue weighted by molar-refractivity contribution is -0.120. The van der Waals surface area contributed by atoms with E-state index in [0.717, 1.165) is 10.5 Å². The lowest BCUT2D eigenvalue weighted by Crippen LogP contribution is -2.48. The zero-order valence-corrected chi connectivity index (χ0v) is 19.0. The summed E-state index contributed by atoms with van der Waals surface area (Å²) >= 11 is 7.38. The highest BCUT2D eigenvalue weighted by Crippen LogP contribution is 2.24. The highest BCUT2D eigenvalue weighted by atomic mass is 35.5. The second-order valence-corrected chi connectivity index (χ2v) is 9.45. The molecule has 3 atom stereocenters. The summed E-state index contributed by atoms with van der Waals surface area (Å²) < 4.78 is 5.70. The average Bonchev–Trinajstić information content (AvgIpc) is 2.72. The van der Waals surface area contributed by atoms with Crippen LogP contribution < -0.4 is 5.32 Å². The summed E-state index contributed by atoms with van der Waals surface area (Å²) in [6.45, 7) is 7.46. The van der Waals surface area contributed by atoms with Gasteiger partial charge < -0.3 is 15.0 Å².